The molecular weight excluding hydrogens is 218 g/mol. The van der Waals surface area contributed by atoms with Crippen molar-refractivity contribution in [1.29, 1.82) is 0 Å². The van der Waals surface area contributed by atoms with Gasteiger partial charge in [0.2, 0.25) is 0 Å². The highest BCUT2D eigenvalue weighted by molar-refractivity contribution is 5.90. The van der Waals surface area contributed by atoms with Crippen molar-refractivity contribution in [3.05, 3.63) is 41.2 Å². The van der Waals surface area contributed by atoms with E-state index in [0.29, 0.717) is 12.5 Å². The average Bonchev–Trinajstić information content (AvgIpc) is 2.83. The second kappa shape index (κ2) is 3.97. The molecule has 17 heavy (non-hydrogen) atoms. The van der Waals surface area contributed by atoms with Gasteiger partial charge in [-0.1, -0.05) is 24.3 Å². The minimum Gasteiger partial charge on any atom is -0.349 e. The van der Waals surface area contributed by atoms with Crippen molar-refractivity contribution in [2.45, 2.75) is 12.3 Å². The molecule has 6 nitrogen and oxygen atoms in total. The molecule has 2 aromatic rings. The van der Waals surface area contributed by atoms with Crippen LogP contribution in [0.2, 0.25) is 0 Å². The number of tetrazole rings is 1. The molecule has 1 aromatic carbocycles. The van der Waals surface area contributed by atoms with E-state index < -0.39 is 0 Å². The summed E-state index contributed by atoms with van der Waals surface area (Å²) in [7, 11) is 0. The molecular formula is C11H11N5O. The molecule has 3 rings (SSSR count). The van der Waals surface area contributed by atoms with E-state index >= 15 is 0 Å². The Labute approximate surface area is 97.4 Å². The fourth-order valence-corrected chi connectivity index (χ4v) is 2.10. The van der Waals surface area contributed by atoms with Gasteiger partial charge in [-0.3, -0.25) is 4.79 Å². The summed E-state index contributed by atoms with van der Waals surface area (Å²) in [5.74, 6) is 0.197. The molecule has 0 bridgehead atoms. The third kappa shape index (κ3) is 1.77. The Hall–Kier alpha value is -2.24. The summed E-state index contributed by atoms with van der Waals surface area (Å²) in [5, 5.41) is 15.6. The molecule has 0 aliphatic heterocycles. The lowest BCUT2D eigenvalue weighted by Gasteiger charge is -2.29. The first-order valence-corrected chi connectivity index (χ1v) is 5.44. The van der Waals surface area contributed by atoms with E-state index in [4.69, 9.17) is 0 Å². The van der Waals surface area contributed by atoms with Gasteiger partial charge in [-0.2, -0.15) is 5.21 Å². The number of aromatic amines is 1. The Morgan fingerprint density at radius 1 is 1.47 bits per heavy atom. The van der Waals surface area contributed by atoms with Gasteiger partial charge in [-0.05, 0) is 22.8 Å². The number of fused-ring (bicyclic) bond motifs is 1. The highest BCUT2D eigenvalue weighted by Gasteiger charge is 2.26. The second-order valence-electron chi connectivity index (χ2n) is 4.05. The molecule has 1 aromatic heterocycles. The van der Waals surface area contributed by atoms with Gasteiger partial charge in [0.25, 0.3) is 11.7 Å². The third-order valence-corrected chi connectivity index (χ3v) is 3.02. The van der Waals surface area contributed by atoms with Crippen LogP contribution in [-0.2, 0) is 6.42 Å². The molecule has 86 valence electrons. The highest BCUT2D eigenvalue weighted by Crippen LogP contribution is 2.33. The Balaban J connectivity index is 1.59. The molecule has 2 N–H and O–H groups in total. The van der Waals surface area contributed by atoms with Gasteiger partial charge in [0, 0.05) is 12.5 Å². The molecule has 0 spiro atoms. The van der Waals surface area contributed by atoms with Crippen molar-refractivity contribution in [3.63, 3.8) is 0 Å². The van der Waals surface area contributed by atoms with E-state index in [2.05, 4.69) is 38.1 Å². The molecule has 0 saturated heterocycles. The first kappa shape index (κ1) is 9.95. The van der Waals surface area contributed by atoms with Gasteiger partial charge in [0.05, 0.1) is 0 Å². The lowest BCUT2D eigenvalue weighted by molar-refractivity contribution is 0.0939. The second-order valence-corrected chi connectivity index (χ2v) is 4.05. The molecule has 0 radical (unpaired) electrons. The van der Waals surface area contributed by atoms with E-state index in [9.17, 15) is 4.79 Å². The fraction of sp³-hybridized carbons (Fsp3) is 0.273. The zero-order chi connectivity index (χ0) is 11.7. The number of H-pyrrole nitrogens is 1. The number of carbonyl (C=O) groups is 1. The van der Waals surface area contributed by atoms with Gasteiger partial charge in [-0.15, -0.1) is 10.2 Å². The predicted octanol–water partition coefficient (Wildman–Crippen LogP) is 0.269. The Kier molecular flexibility index (Phi) is 2.32. The SMILES string of the molecule is O=C(NCC1Cc2ccccc21)c1nn[nH]n1. The van der Waals surface area contributed by atoms with Crippen LogP contribution in [0.3, 0.4) is 0 Å². The van der Waals surface area contributed by atoms with Gasteiger partial charge >= 0.3 is 0 Å². The van der Waals surface area contributed by atoms with Crippen LogP contribution in [0.4, 0.5) is 0 Å². The normalized spacial score (nSPS) is 17.1. The molecule has 1 unspecified atom stereocenters. The number of rotatable bonds is 3. The minimum absolute atomic E-state index is 0.0811. The predicted molar refractivity (Wildman–Crippen MR) is 59.4 cm³/mol. The van der Waals surface area contributed by atoms with Gasteiger partial charge in [0.1, 0.15) is 0 Å². The number of aromatic nitrogens is 4. The number of hydrogen-bond acceptors (Lipinski definition) is 4. The number of hydrogen-bond donors (Lipinski definition) is 2. The topological polar surface area (TPSA) is 83.6 Å². The summed E-state index contributed by atoms with van der Waals surface area (Å²) in [6.45, 7) is 0.615. The third-order valence-electron chi connectivity index (χ3n) is 3.02. The monoisotopic (exact) mass is 229 g/mol. The zero-order valence-corrected chi connectivity index (χ0v) is 9.05. The quantitative estimate of drug-likeness (QED) is 0.791. The van der Waals surface area contributed by atoms with E-state index in [0.717, 1.165) is 6.42 Å². The van der Waals surface area contributed by atoms with Gasteiger partial charge in [-0.25, -0.2) is 0 Å². The van der Waals surface area contributed by atoms with Crippen molar-refractivity contribution in [2.75, 3.05) is 6.54 Å². The molecule has 1 aliphatic carbocycles. The molecule has 0 saturated carbocycles. The van der Waals surface area contributed by atoms with Gasteiger partial charge in [0.15, 0.2) is 0 Å². The highest BCUT2D eigenvalue weighted by atomic mass is 16.2. The smallest absolute Gasteiger partial charge is 0.292 e. The molecule has 6 heteroatoms. The van der Waals surface area contributed by atoms with Crippen molar-refractivity contribution in [3.8, 4) is 0 Å². The van der Waals surface area contributed by atoms with E-state index in [-0.39, 0.29) is 11.7 Å². The van der Waals surface area contributed by atoms with E-state index in [1.807, 2.05) is 12.1 Å². The summed E-state index contributed by atoms with van der Waals surface area (Å²) < 4.78 is 0. The number of amides is 1. The summed E-state index contributed by atoms with van der Waals surface area (Å²) in [4.78, 5) is 11.6. The van der Waals surface area contributed by atoms with E-state index in [1.165, 1.54) is 11.1 Å². The van der Waals surface area contributed by atoms with Crippen LogP contribution in [0.25, 0.3) is 0 Å². The van der Waals surface area contributed by atoms with Crippen molar-refractivity contribution in [2.24, 2.45) is 0 Å². The average molecular weight is 229 g/mol. The van der Waals surface area contributed by atoms with Crippen molar-refractivity contribution >= 4 is 5.91 Å². The van der Waals surface area contributed by atoms with E-state index in [1.54, 1.807) is 0 Å². The number of benzene rings is 1. The maximum atomic E-state index is 11.6. The Bertz CT molecular complexity index is 537. The lowest BCUT2D eigenvalue weighted by atomic mass is 9.77. The first-order chi connectivity index (χ1) is 8.34. The summed E-state index contributed by atoms with van der Waals surface area (Å²) in [6, 6.07) is 8.27. The van der Waals surface area contributed by atoms with Crippen LogP contribution in [0.5, 0.6) is 0 Å². The molecule has 1 amide bonds. The maximum Gasteiger partial charge on any atom is 0.292 e. The van der Waals surface area contributed by atoms with Crippen LogP contribution < -0.4 is 5.32 Å². The fourth-order valence-electron chi connectivity index (χ4n) is 2.10. The molecule has 1 aliphatic rings. The Morgan fingerprint density at radius 2 is 2.35 bits per heavy atom. The van der Waals surface area contributed by atoms with Crippen LogP contribution in [0.15, 0.2) is 24.3 Å². The molecule has 1 atom stereocenters. The largest absolute Gasteiger partial charge is 0.349 e. The zero-order valence-electron chi connectivity index (χ0n) is 9.05. The number of nitrogens with one attached hydrogen (secondary N) is 2. The maximum absolute atomic E-state index is 11.6. The summed E-state index contributed by atoms with van der Waals surface area (Å²) in [5.41, 5.74) is 2.69. The summed E-state index contributed by atoms with van der Waals surface area (Å²) in [6.07, 6.45) is 1.02. The van der Waals surface area contributed by atoms with Crippen LogP contribution in [0, 0.1) is 0 Å². The van der Waals surface area contributed by atoms with Crippen molar-refractivity contribution < 1.29 is 4.79 Å². The molecule has 1 heterocycles. The van der Waals surface area contributed by atoms with Crippen LogP contribution in [-0.4, -0.2) is 33.1 Å². The lowest BCUT2D eigenvalue weighted by Crippen LogP contribution is -2.33. The molecule has 0 fully saturated rings. The minimum atomic E-state index is -0.289. The van der Waals surface area contributed by atoms with Gasteiger partial charge < -0.3 is 5.32 Å². The number of carbonyl (C=O) groups excluding carboxylic acids is 1. The first-order valence-electron chi connectivity index (χ1n) is 5.44. The number of nitrogens with zero attached hydrogens (tertiary/aromatic N) is 3. The standard InChI is InChI=1S/C11H11N5O/c17-11(10-13-15-16-14-10)12-6-8-5-7-3-1-2-4-9(7)8/h1-4,8H,5-6H2,(H,12,17)(H,13,14,15,16). The van der Waals surface area contributed by atoms with Crippen molar-refractivity contribution in [1.82, 2.24) is 25.9 Å². The van der Waals surface area contributed by atoms with Crippen LogP contribution in [0.1, 0.15) is 27.7 Å². The van der Waals surface area contributed by atoms with Crippen LogP contribution >= 0.6 is 0 Å². The Morgan fingerprint density at radius 3 is 3.12 bits per heavy atom. The summed E-state index contributed by atoms with van der Waals surface area (Å²) >= 11 is 0.